The van der Waals surface area contributed by atoms with Crippen molar-refractivity contribution in [3.8, 4) is 0 Å². The van der Waals surface area contributed by atoms with Gasteiger partial charge in [0.15, 0.2) is 0 Å². The Kier molecular flexibility index (Phi) is 4.22. The molecular formula is C20H20ClN3O. The summed E-state index contributed by atoms with van der Waals surface area (Å²) in [6.07, 6.45) is 3.78. The topological polar surface area (TPSA) is 38.1 Å². The van der Waals surface area contributed by atoms with E-state index in [0.717, 1.165) is 41.0 Å². The van der Waals surface area contributed by atoms with Gasteiger partial charge in [-0.05, 0) is 49.6 Å². The predicted molar refractivity (Wildman–Crippen MR) is 99.6 cm³/mol. The fourth-order valence-corrected chi connectivity index (χ4v) is 3.83. The fraction of sp³-hybridized carbons (Fsp3) is 0.300. The summed E-state index contributed by atoms with van der Waals surface area (Å²) < 4.78 is 1.97. The highest BCUT2D eigenvalue weighted by Gasteiger charge is 2.33. The Morgan fingerprint density at radius 1 is 1.20 bits per heavy atom. The van der Waals surface area contributed by atoms with Gasteiger partial charge in [0.05, 0.1) is 23.4 Å². The molecule has 0 aliphatic carbocycles. The first-order chi connectivity index (χ1) is 12.1. The Balaban J connectivity index is 1.61. The molecule has 2 atom stereocenters. The number of carbonyl (C=O) groups is 1. The van der Waals surface area contributed by atoms with E-state index in [1.54, 1.807) is 6.33 Å². The highest BCUT2D eigenvalue weighted by atomic mass is 35.5. The van der Waals surface area contributed by atoms with E-state index in [-0.39, 0.29) is 18.0 Å². The smallest absolute Gasteiger partial charge is 0.245 e. The Hall–Kier alpha value is -2.33. The van der Waals surface area contributed by atoms with Gasteiger partial charge in [-0.25, -0.2) is 4.98 Å². The van der Waals surface area contributed by atoms with Crippen molar-refractivity contribution in [3.05, 3.63) is 65.4 Å². The number of amides is 1. The number of benzene rings is 2. The van der Waals surface area contributed by atoms with Crippen LogP contribution in [0.15, 0.2) is 54.9 Å². The number of halogens is 1. The number of rotatable bonds is 3. The highest BCUT2D eigenvalue weighted by molar-refractivity contribution is 6.30. The molecule has 0 radical (unpaired) electrons. The molecule has 1 saturated heterocycles. The van der Waals surface area contributed by atoms with Crippen LogP contribution in [-0.2, 0) is 4.79 Å². The molecule has 1 fully saturated rings. The molecule has 0 N–H and O–H groups in total. The van der Waals surface area contributed by atoms with Crippen LogP contribution in [0, 0.1) is 0 Å². The van der Waals surface area contributed by atoms with Crippen LogP contribution < -0.4 is 0 Å². The average molecular weight is 354 g/mol. The number of fused-ring (bicyclic) bond motifs is 1. The van der Waals surface area contributed by atoms with Gasteiger partial charge in [-0.15, -0.1) is 0 Å². The van der Waals surface area contributed by atoms with Gasteiger partial charge in [-0.3, -0.25) is 4.79 Å². The summed E-state index contributed by atoms with van der Waals surface area (Å²) >= 11 is 6.00. The second kappa shape index (κ2) is 6.52. The summed E-state index contributed by atoms with van der Waals surface area (Å²) in [5.74, 6) is 0.139. The van der Waals surface area contributed by atoms with Crippen molar-refractivity contribution in [3.63, 3.8) is 0 Å². The van der Waals surface area contributed by atoms with Gasteiger partial charge in [-0.1, -0.05) is 35.9 Å². The van der Waals surface area contributed by atoms with Crippen LogP contribution in [0.5, 0.6) is 0 Å². The molecule has 1 amide bonds. The molecule has 1 aliphatic rings. The molecule has 5 heteroatoms. The maximum absolute atomic E-state index is 13.2. The Bertz CT molecular complexity index is 903. The van der Waals surface area contributed by atoms with Gasteiger partial charge in [0.2, 0.25) is 5.91 Å². The average Bonchev–Trinajstić information content (AvgIpc) is 3.28. The van der Waals surface area contributed by atoms with E-state index < -0.39 is 0 Å². The molecule has 4 nitrogen and oxygen atoms in total. The van der Waals surface area contributed by atoms with Gasteiger partial charge < -0.3 is 9.47 Å². The van der Waals surface area contributed by atoms with Crippen LogP contribution in [0.3, 0.4) is 0 Å². The summed E-state index contributed by atoms with van der Waals surface area (Å²) in [7, 11) is 0. The van der Waals surface area contributed by atoms with E-state index in [9.17, 15) is 4.79 Å². The quantitative estimate of drug-likeness (QED) is 0.689. The zero-order valence-corrected chi connectivity index (χ0v) is 14.9. The SMILES string of the molecule is C[C@H](C(=O)N1CCC[C@@H]1c1ccc(Cl)cc1)n1cnc2ccccc21. The minimum absolute atomic E-state index is 0.127. The third-order valence-electron chi connectivity index (χ3n) is 5.05. The van der Waals surface area contributed by atoms with Gasteiger partial charge in [0, 0.05) is 11.6 Å². The maximum atomic E-state index is 13.2. The van der Waals surface area contributed by atoms with Crippen molar-refractivity contribution in [1.29, 1.82) is 0 Å². The first-order valence-corrected chi connectivity index (χ1v) is 9.00. The van der Waals surface area contributed by atoms with Crippen molar-refractivity contribution in [2.75, 3.05) is 6.54 Å². The van der Waals surface area contributed by atoms with Crippen LogP contribution in [-0.4, -0.2) is 26.9 Å². The van der Waals surface area contributed by atoms with E-state index in [4.69, 9.17) is 11.6 Å². The van der Waals surface area contributed by atoms with Gasteiger partial charge in [0.25, 0.3) is 0 Å². The maximum Gasteiger partial charge on any atom is 0.245 e. The third-order valence-corrected chi connectivity index (χ3v) is 5.30. The highest BCUT2D eigenvalue weighted by Crippen LogP contribution is 2.34. The van der Waals surface area contributed by atoms with Crippen molar-refractivity contribution in [2.24, 2.45) is 0 Å². The number of likely N-dealkylation sites (tertiary alicyclic amines) is 1. The van der Waals surface area contributed by atoms with E-state index in [2.05, 4.69) is 4.98 Å². The van der Waals surface area contributed by atoms with E-state index >= 15 is 0 Å². The van der Waals surface area contributed by atoms with Gasteiger partial charge in [0.1, 0.15) is 6.04 Å². The molecule has 3 aromatic rings. The van der Waals surface area contributed by atoms with Crippen LogP contribution in [0.1, 0.15) is 37.4 Å². The molecule has 1 aliphatic heterocycles. The predicted octanol–water partition coefficient (Wildman–Crippen LogP) is 4.61. The minimum atomic E-state index is -0.277. The molecule has 1 aromatic heterocycles. The summed E-state index contributed by atoms with van der Waals surface area (Å²) in [6, 6.07) is 15.6. The summed E-state index contributed by atoms with van der Waals surface area (Å²) in [6.45, 7) is 2.75. The number of nitrogens with zero attached hydrogens (tertiary/aromatic N) is 3. The van der Waals surface area contributed by atoms with Gasteiger partial charge >= 0.3 is 0 Å². The van der Waals surface area contributed by atoms with E-state index in [0.29, 0.717) is 0 Å². The van der Waals surface area contributed by atoms with Crippen LogP contribution in [0.2, 0.25) is 5.02 Å². The number of carbonyl (C=O) groups excluding carboxylic acids is 1. The lowest BCUT2D eigenvalue weighted by Crippen LogP contribution is -2.35. The van der Waals surface area contributed by atoms with Crippen LogP contribution in [0.4, 0.5) is 0 Å². The van der Waals surface area contributed by atoms with Crippen LogP contribution in [0.25, 0.3) is 11.0 Å². The first-order valence-electron chi connectivity index (χ1n) is 8.62. The van der Waals surface area contributed by atoms with Crippen molar-refractivity contribution in [1.82, 2.24) is 14.5 Å². The molecule has 0 saturated carbocycles. The molecule has 4 rings (SSSR count). The number of para-hydroxylation sites is 2. The lowest BCUT2D eigenvalue weighted by molar-refractivity contribution is -0.135. The van der Waals surface area contributed by atoms with E-state index in [1.165, 1.54) is 0 Å². The van der Waals surface area contributed by atoms with E-state index in [1.807, 2.05) is 64.9 Å². The summed E-state index contributed by atoms with van der Waals surface area (Å²) in [4.78, 5) is 19.6. The standard InChI is InChI=1S/C20H20ClN3O/c1-14(24-13-22-17-5-2-3-6-19(17)24)20(25)23-12-4-7-18(23)15-8-10-16(21)11-9-15/h2-3,5-6,8-11,13-14,18H,4,7,12H2,1H3/t14-,18-/m1/s1. The molecule has 0 unspecified atom stereocenters. The molecule has 0 spiro atoms. The molecule has 25 heavy (non-hydrogen) atoms. The molecule has 128 valence electrons. The molecular weight excluding hydrogens is 334 g/mol. The molecule has 0 bridgehead atoms. The minimum Gasteiger partial charge on any atom is -0.334 e. The normalized spacial score (nSPS) is 18.6. The summed E-state index contributed by atoms with van der Waals surface area (Å²) in [5, 5.41) is 0.720. The number of hydrogen-bond acceptors (Lipinski definition) is 2. The van der Waals surface area contributed by atoms with Crippen molar-refractivity contribution in [2.45, 2.75) is 31.8 Å². The third kappa shape index (κ3) is 2.91. The largest absolute Gasteiger partial charge is 0.334 e. The molecule has 2 heterocycles. The molecule has 2 aromatic carbocycles. The zero-order valence-electron chi connectivity index (χ0n) is 14.1. The lowest BCUT2D eigenvalue weighted by atomic mass is 10.0. The van der Waals surface area contributed by atoms with Gasteiger partial charge in [-0.2, -0.15) is 0 Å². The van der Waals surface area contributed by atoms with Crippen LogP contribution >= 0.6 is 11.6 Å². The van der Waals surface area contributed by atoms with Crippen molar-refractivity contribution >= 4 is 28.5 Å². The first kappa shape index (κ1) is 16.2. The second-order valence-corrected chi connectivity index (χ2v) is 6.99. The van der Waals surface area contributed by atoms with Crippen molar-refractivity contribution < 1.29 is 4.79 Å². The number of aromatic nitrogens is 2. The lowest BCUT2D eigenvalue weighted by Gasteiger charge is -2.28. The fourth-order valence-electron chi connectivity index (χ4n) is 3.71. The number of imidazole rings is 1. The Morgan fingerprint density at radius 2 is 1.96 bits per heavy atom. The number of hydrogen-bond donors (Lipinski definition) is 0. The zero-order chi connectivity index (χ0) is 17.4. The second-order valence-electron chi connectivity index (χ2n) is 6.56. The summed E-state index contributed by atoms with van der Waals surface area (Å²) in [5.41, 5.74) is 3.06. The Morgan fingerprint density at radius 3 is 2.76 bits per heavy atom. The monoisotopic (exact) mass is 353 g/mol. The Labute approximate surface area is 152 Å².